The first kappa shape index (κ1) is 22.7. The van der Waals surface area contributed by atoms with E-state index in [1.807, 2.05) is 30.3 Å². The Kier molecular flexibility index (Phi) is 5.32. The van der Waals surface area contributed by atoms with Gasteiger partial charge in [-0.05, 0) is 42.3 Å². The molecule has 11 nitrogen and oxygen atoms in total. The van der Waals surface area contributed by atoms with Crippen LogP contribution in [0.1, 0.15) is 45.0 Å². The highest BCUT2D eigenvalue weighted by molar-refractivity contribution is 6.05. The fourth-order valence-corrected chi connectivity index (χ4v) is 4.81. The molecule has 4 amide bonds. The zero-order chi connectivity index (χ0) is 25.7. The Morgan fingerprint density at radius 3 is 2.81 bits per heavy atom. The number of amides is 4. The van der Waals surface area contributed by atoms with Gasteiger partial charge in [-0.1, -0.05) is 23.4 Å². The third kappa shape index (κ3) is 4.03. The summed E-state index contributed by atoms with van der Waals surface area (Å²) in [6.07, 6.45) is 2.03. The van der Waals surface area contributed by atoms with Crippen molar-refractivity contribution in [3.8, 4) is 5.69 Å². The number of nitrogens with one attached hydrogen (secondary N) is 1. The quantitative estimate of drug-likeness (QED) is 0.417. The maximum absolute atomic E-state index is 13.0. The highest BCUT2D eigenvalue weighted by Crippen LogP contribution is 2.29. The molecule has 4 aromatic rings. The Balaban J connectivity index is 1.17. The summed E-state index contributed by atoms with van der Waals surface area (Å²) in [6, 6.07) is 14.0. The van der Waals surface area contributed by atoms with Gasteiger partial charge in [0.05, 0.1) is 18.4 Å². The number of rotatable bonds is 5. The van der Waals surface area contributed by atoms with Crippen molar-refractivity contribution in [1.29, 1.82) is 0 Å². The Morgan fingerprint density at radius 2 is 2.00 bits per heavy atom. The Labute approximate surface area is 210 Å². The monoisotopic (exact) mass is 498 g/mol. The SMILES string of the molecule is CN(Cc1cc2ccccc2o1)C(=O)c1cn(-c2ccc3c(c2)CN(C2CCC(=O)NC2=O)C3=O)nn1. The van der Waals surface area contributed by atoms with Crippen molar-refractivity contribution < 1.29 is 23.6 Å². The number of aromatic nitrogens is 3. The van der Waals surface area contributed by atoms with Crippen LogP contribution in [0.5, 0.6) is 0 Å². The maximum Gasteiger partial charge on any atom is 0.276 e. The summed E-state index contributed by atoms with van der Waals surface area (Å²) in [5.41, 5.74) is 2.78. The Morgan fingerprint density at radius 1 is 1.16 bits per heavy atom. The molecule has 0 radical (unpaired) electrons. The Hall–Kier alpha value is -4.80. The van der Waals surface area contributed by atoms with Gasteiger partial charge >= 0.3 is 0 Å². The lowest BCUT2D eigenvalue weighted by atomic mass is 10.0. The van der Waals surface area contributed by atoms with Gasteiger partial charge in [0.2, 0.25) is 11.8 Å². The number of imide groups is 1. The van der Waals surface area contributed by atoms with E-state index in [9.17, 15) is 19.2 Å². The number of carbonyl (C=O) groups is 4. The molecule has 2 aliphatic heterocycles. The van der Waals surface area contributed by atoms with Crippen molar-refractivity contribution in [3.63, 3.8) is 0 Å². The van der Waals surface area contributed by atoms with Crippen LogP contribution in [-0.4, -0.2) is 61.5 Å². The number of carbonyl (C=O) groups excluding carboxylic acids is 4. The molecule has 1 saturated heterocycles. The predicted molar refractivity (Wildman–Crippen MR) is 129 cm³/mol. The average Bonchev–Trinajstić information content (AvgIpc) is 3.60. The van der Waals surface area contributed by atoms with Gasteiger partial charge in [0.1, 0.15) is 17.4 Å². The number of hydrogen-bond acceptors (Lipinski definition) is 7. The normalized spacial score (nSPS) is 17.3. The number of hydrogen-bond donors (Lipinski definition) is 1. The van der Waals surface area contributed by atoms with E-state index in [1.165, 1.54) is 20.7 Å². The highest BCUT2D eigenvalue weighted by Gasteiger charge is 2.39. The molecule has 1 unspecified atom stereocenters. The molecule has 2 aliphatic rings. The summed E-state index contributed by atoms with van der Waals surface area (Å²) in [5.74, 6) is -0.686. The van der Waals surface area contributed by atoms with E-state index in [1.54, 1.807) is 25.2 Å². The molecule has 2 aromatic carbocycles. The standard InChI is InChI=1S/C26H22N6O5/c1-30(13-18-11-15-4-2-3-5-22(15)37-18)26(36)20-14-32(29-28-20)17-6-7-19-16(10-17)12-31(25(19)35)21-8-9-23(33)27-24(21)34/h2-7,10-11,14,21H,8-9,12-13H2,1H3,(H,27,33,34). The van der Waals surface area contributed by atoms with Gasteiger partial charge in [0.25, 0.3) is 11.8 Å². The first-order valence-corrected chi connectivity index (χ1v) is 11.8. The van der Waals surface area contributed by atoms with Crippen LogP contribution < -0.4 is 5.32 Å². The van der Waals surface area contributed by atoms with Gasteiger partial charge in [-0.15, -0.1) is 5.10 Å². The van der Waals surface area contributed by atoms with Crippen molar-refractivity contribution in [2.24, 2.45) is 0 Å². The molecule has 4 heterocycles. The first-order chi connectivity index (χ1) is 17.9. The lowest BCUT2D eigenvalue weighted by Gasteiger charge is -2.29. The van der Waals surface area contributed by atoms with Crippen LogP contribution in [0.15, 0.2) is 59.1 Å². The molecule has 0 bridgehead atoms. The number of fused-ring (bicyclic) bond motifs is 2. The van der Waals surface area contributed by atoms with E-state index >= 15 is 0 Å². The van der Waals surface area contributed by atoms with Gasteiger partial charge in [-0.2, -0.15) is 0 Å². The molecule has 1 N–H and O–H groups in total. The van der Waals surface area contributed by atoms with Gasteiger partial charge in [0.15, 0.2) is 5.69 Å². The molecule has 1 atom stereocenters. The van der Waals surface area contributed by atoms with Crippen LogP contribution >= 0.6 is 0 Å². The zero-order valence-electron chi connectivity index (χ0n) is 19.9. The van der Waals surface area contributed by atoms with Gasteiger partial charge < -0.3 is 14.2 Å². The second-order valence-corrected chi connectivity index (χ2v) is 9.20. The minimum Gasteiger partial charge on any atom is -0.459 e. The first-order valence-electron chi connectivity index (χ1n) is 11.8. The van der Waals surface area contributed by atoms with Crippen molar-refractivity contribution in [1.82, 2.24) is 30.1 Å². The summed E-state index contributed by atoms with van der Waals surface area (Å²) < 4.78 is 7.28. The maximum atomic E-state index is 13.0. The van der Waals surface area contributed by atoms with Crippen molar-refractivity contribution >= 4 is 34.6 Å². The van der Waals surface area contributed by atoms with E-state index < -0.39 is 11.9 Å². The predicted octanol–water partition coefficient (Wildman–Crippen LogP) is 2.05. The molecule has 2 aromatic heterocycles. The molecule has 0 saturated carbocycles. The second-order valence-electron chi connectivity index (χ2n) is 9.20. The minimum atomic E-state index is -0.682. The molecule has 11 heteroatoms. The largest absolute Gasteiger partial charge is 0.459 e. The number of furan rings is 1. The Bertz CT molecular complexity index is 1550. The fraction of sp³-hybridized carbons (Fsp3) is 0.231. The van der Waals surface area contributed by atoms with Gasteiger partial charge in [-0.3, -0.25) is 24.5 Å². The molecular weight excluding hydrogens is 476 g/mol. The zero-order valence-corrected chi connectivity index (χ0v) is 19.9. The number of piperidine rings is 1. The third-order valence-electron chi connectivity index (χ3n) is 6.70. The highest BCUT2D eigenvalue weighted by atomic mass is 16.3. The van der Waals surface area contributed by atoms with E-state index in [-0.39, 0.29) is 42.9 Å². The van der Waals surface area contributed by atoms with Crippen LogP contribution in [0.25, 0.3) is 16.7 Å². The van der Waals surface area contributed by atoms with Gasteiger partial charge in [0, 0.05) is 31.0 Å². The molecule has 0 spiro atoms. The number of para-hydroxylation sites is 1. The number of nitrogens with zero attached hydrogens (tertiary/aromatic N) is 5. The van der Waals surface area contributed by atoms with Crippen molar-refractivity contribution in [2.75, 3.05) is 7.05 Å². The summed E-state index contributed by atoms with van der Waals surface area (Å²) >= 11 is 0. The van der Waals surface area contributed by atoms with E-state index in [2.05, 4.69) is 15.6 Å². The average molecular weight is 498 g/mol. The summed E-state index contributed by atoms with van der Waals surface area (Å²) in [7, 11) is 1.67. The molecular formula is C26H22N6O5. The third-order valence-corrected chi connectivity index (χ3v) is 6.70. The van der Waals surface area contributed by atoms with Crippen LogP contribution in [0.4, 0.5) is 0 Å². The van der Waals surface area contributed by atoms with E-state index in [0.717, 1.165) is 16.5 Å². The van der Waals surface area contributed by atoms with Crippen LogP contribution in [-0.2, 0) is 22.7 Å². The summed E-state index contributed by atoms with van der Waals surface area (Å²) in [5, 5.41) is 11.4. The van der Waals surface area contributed by atoms with Crippen LogP contribution in [0.2, 0.25) is 0 Å². The molecule has 6 rings (SSSR count). The minimum absolute atomic E-state index is 0.167. The molecule has 0 aliphatic carbocycles. The topological polar surface area (TPSA) is 131 Å². The number of benzene rings is 2. The van der Waals surface area contributed by atoms with Crippen LogP contribution in [0.3, 0.4) is 0 Å². The molecule has 186 valence electrons. The summed E-state index contributed by atoms with van der Waals surface area (Å²) in [4.78, 5) is 52.6. The van der Waals surface area contributed by atoms with E-state index in [4.69, 9.17) is 4.42 Å². The van der Waals surface area contributed by atoms with Gasteiger partial charge in [-0.25, -0.2) is 4.68 Å². The lowest BCUT2D eigenvalue weighted by Crippen LogP contribution is -2.52. The van der Waals surface area contributed by atoms with Crippen molar-refractivity contribution in [3.05, 3.63) is 77.3 Å². The van der Waals surface area contributed by atoms with Crippen molar-refractivity contribution in [2.45, 2.75) is 32.0 Å². The molecule has 37 heavy (non-hydrogen) atoms. The van der Waals surface area contributed by atoms with Crippen LogP contribution in [0, 0.1) is 0 Å². The lowest BCUT2D eigenvalue weighted by molar-refractivity contribution is -0.136. The molecule has 1 fully saturated rings. The summed E-state index contributed by atoms with van der Waals surface area (Å²) in [6.45, 7) is 0.520. The second kappa shape index (κ2) is 8.70. The smallest absolute Gasteiger partial charge is 0.276 e. The van der Waals surface area contributed by atoms with E-state index in [0.29, 0.717) is 23.4 Å². The fourth-order valence-electron chi connectivity index (χ4n) is 4.81.